The second-order valence-corrected chi connectivity index (χ2v) is 6.65. The maximum atomic E-state index is 13.6. The summed E-state index contributed by atoms with van der Waals surface area (Å²) in [6.45, 7) is 0. The summed E-state index contributed by atoms with van der Waals surface area (Å²) in [6.07, 6.45) is 3.14. The van der Waals surface area contributed by atoms with E-state index in [9.17, 15) is 18.8 Å². The lowest BCUT2D eigenvalue weighted by Crippen LogP contribution is -2.54. The van der Waals surface area contributed by atoms with Gasteiger partial charge < -0.3 is 4.57 Å². The zero-order chi connectivity index (χ0) is 20.5. The summed E-state index contributed by atoms with van der Waals surface area (Å²) in [5.74, 6) is -2.27. The van der Waals surface area contributed by atoms with Gasteiger partial charge in [-0.2, -0.15) is 0 Å². The summed E-state index contributed by atoms with van der Waals surface area (Å²) < 4.78 is 15.3. The molecule has 4 rings (SSSR count). The number of halogens is 2. The van der Waals surface area contributed by atoms with E-state index in [1.165, 1.54) is 24.3 Å². The Morgan fingerprint density at radius 3 is 2.41 bits per heavy atom. The number of imide groups is 2. The van der Waals surface area contributed by atoms with Crippen molar-refractivity contribution in [2.75, 3.05) is 4.90 Å². The number of aromatic nitrogens is 1. The van der Waals surface area contributed by atoms with Gasteiger partial charge in [0.15, 0.2) is 0 Å². The van der Waals surface area contributed by atoms with Crippen LogP contribution in [0.4, 0.5) is 14.9 Å². The Bertz CT molecular complexity index is 1170. The molecule has 3 aromatic rings. The van der Waals surface area contributed by atoms with Crippen molar-refractivity contribution in [1.82, 2.24) is 9.88 Å². The lowest BCUT2D eigenvalue weighted by Gasteiger charge is -2.26. The number of nitrogens with one attached hydrogen (secondary N) is 1. The highest BCUT2D eigenvalue weighted by Gasteiger charge is 2.37. The van der Waals surface area contributed by atoms with E-state index in [4.69, 9.17) is 11.6 Å². The molecule has 29 heavy (non-hydrogen) atoms. The monoisotopic (exact) mass is 409 g/mol. The second kappa shape index (κ2) is 7.37. The van der Waals surface area contributed by atoms with E-state index in [2.05, 4.69) is 5.32 Å². The number of rotatable bonds is 3. The number of carbonyl (C=O) groups excluding carboxylic acids is 3. The lowest BCUT2D eigenvalue weighted by molar-refractivity contribution is -0.122. The van der Waals surface area contributed by atoms with Crippen molar-refractivity contribution < 1.29 is 18.8 Å². The molecule has 0 atom stereocenters. The Hall–Kier alpha value is -3.71. The zero-order valence-corrected chi connectivity index (χ0v) is 15.6. The third-order valence-corrected chi connectivity index (χ3v) is 4.60. The third kappa shape index (κ3) is 3.55. The van der Waals surface area contributed by atoms with Crippen molar-refractivity contribution in [3.05, 3.63) is 89.0 Å². The fraction of sp³-hybridized carbons (Fsp3) is 0. The standard InChI is InChI=1S/C21H13ClFN3O3/c22-13-6-8-15(9-7-13)25-10-2-5-16(25)12-18-19(27)24-21(29)26(20(18)28)17-4-1-3-14(23)11-17/h1-12H,(H,24,27,29). The van der Waals surface area contributed by atoms with E-state index in [1.807, 2.05) is 0 Å². The summed E-state index contributed by atoms with van der Waals surface area (Å²) >= 11 is 5.92. The highest BCUT2D eigenvalue weighted by Crippen LogP contribution is 2.24. The van der Waals surface area contributed by atoms with Gasteiger partial charge >= 0.3 is 6.03 Å². The Morgan fingerprint density at radius 2 is 1.69 bits per heavy atom. The van der Waals surface area contributed by atoms with E-state index in [1.54, 1.807) is 47.2 Å². The maximum Gasteiger partial charge on any atom is 0.335 e. The average Bonchev–Trinajstić information content (AvgIpc) is 3.14. The number of carbonyl (C=O) groups is 3. The predicted octanol–water partition coefficient (Wildman–Crippen LogP) is 3.94. The SMILES string of the molecule is O=C1NC(=O)N(c2cccc(F)c2)C(=O)C1=Cc1cccn1-c1ccc(Cl)cc1. The van der Waals surface area contributed by atoms with Gasteiger partial charge in [-0.1, -0.05) is 17.7 Å². The topological polar surface area (TPSA) is 71.4 Å². The first-order valence-electron chi connectivity index (χ1n) is 8.54. The van der Waals surface area contributed by atoms with Crippen LogP contribution in [0.15, 0.2) is 72.4 Å². The van der Waals surface area contributed by atoms with Crippen LogP contribution in [0.1, 0.15) is 5.69 Å². The van der Waals surface area contributed by atoms with Crippen molar-refractivity contribution in [2.45, 2.75) is 0 Å². The number of hydrogen-bond acceptors (Lipinski definition) is 3. The molecule has 0 unspecified atom stereocenters. The van der Waals surface area contributed by atoms with Crippen molar-refractivity contribution >= 4 is 41.2 Å². The Labute approximate surface area is 169 Å². The van der Waals surface area contributed by atoms with Gasteiger partial charge in [0.1, 0.15) is 11.4 Å². The zero-order valence-electron chi connectivity index (χ0n) is 14.8. The van der Waals surface area contributed by atoms with E-state index < -0.39 is 23.7 Å². The summed E-state index contributed by atoms with van der Waals surface area (Å²) in [7, 11) is 0. The molecule has 0 saturated carbocycles. The van der Waals surface area contributed by atoms with Crippen LogP contribution in [-0.2, 0) is 9.59 Å². The molecule has 1 N–H and O–H groups in total. The van der Waals surface area contributed by atoms with Crippen LogP contribution in [0.2, 0.25) is 5.02 Å². The summed E-state index contributed by atoms with van der Waals surface area (Å²) in [6, 6.07) is 14.6. The number of benzene rings is 2. The first-order chi connectivity index (χ1) is 13.9. The molecule has 8 heteroatoms. The molecule has 4 amide bonds. The van der Waals surface area contributed by atoms with Crippen LogP contribution < -0.4 is 10.2 Å². The average molecular weight is 410 g/mol. The van der Waals surface area contributed by atoms with Gasteiger partial charge in [0.2, 0.25) is 0 Å². The number of amides is 4. The van der Waals surface area contributed by atoms with Gasteiger partial charge in [0.05, 0.1) is 5.69 Å². The molecule has 2 aromatic carbocycles. The second-order valence-electron chi connectivity index (χ2n) is 6.22. The fourth-order valence-electron chi connectivity index (χ4n) is 3.00. The van der Waals surface area contributed by atoms with Crippen molar-refractivity contribution in [3.63, 3.8) is 0 Å². The molecule has 0 aliphatic carbocycles. The number of anilines is 1. The van der Waals surface area contributed by atoms with E-state index in [0.29, 0.717) is 10.7 Å². The third-order valence-electron chi connectivity index (χ3n) is 4.35. The van der Waals surface area contributed by atoms with Gasteiger partial charge in [0, 0.05) is 22.6 Å². The van der Waals surface area contributed by atoms with Crippen LogP contribution in [0.5, 0.6) is 0 Å². The Morgan fingerprint density at radius 1 is 0.931 bits per heavy atom. The molecule has 2 heterocycles. The molecule has 1 aliphatic rings. The first-order valence-corrected chi connectivity index (χ1v) is 8.92. The molecule has 1 aromatic heterocycles. The molecule has 0 bridgehead atoms. The van der Waals surface area contributed by atoms with Gasteiger partial charge in [-0.05, 0) is 60.7 Å². The van der Waals surface area contributed by atoms with Crippen LogP contribution in [-0.4, -0.2) is 22.4 Å². The van der Waals surface area contributed by atoms with Crippen molar-refractivity contribution in [2.24, 2.45) is 0 Å². The number of nitrogens with zero attached hydrogens (tertiary/aromatic N) is 2. The Balaban J connectivity index is 1.75. The first kappa shape index (κ1) is 18.6. The minimum Gasteiger partial charge on any atom is -0.317 e. The van der Waals surface area contributed by atoms with Crippen molar-refractivity contribution in [1.29, 1.82) is 0 Å². The smallest absolute Gasteiger partial charge is 0.317 e. The lowest BCUT2D eigenvalue weighted by atomic mass is 10.1. The van der Waals surface area contributed by atoms with Gasteiger partial charge in [-0.25, -0.2) is 14.1 Å². The molecule has 1 aliphatic heterocycles. The molecule has 0 spiro atoms. The summed E-state index contributed by atoms with van der Waals surface area (Å²) in [4.78, 5) is 38.2. The number of urea groups is 1. The number of hydrogen-bond donors (Lipinski definition) is 1. The maximum absolute atomic E-state index is 13.6. The van der Waals surface area contributed by atoms with E-state index in [0.717, 1.165) is 16.7 Å². The van der Waals surface area contributed by atoms with Crippen LogP contribution in [0.3, 0.4) is 0 Å². The highest BCUT2D eigenvalue weighted by molar-refractivity contribution is 6.39. The van der Waals surface area contributed by atoms with E-state index in [-0.39, 0.29) is 11.3 Å². The molecular formula is C21H13ClFN3O3. The van der Waals surface area contributed by atoms with Gasteiger partial charge in [-0.3, -0.25) is 14.9 Å². The Kier molecular flexibility index (Phi) is 4.74. The quantitative estimate of drug-likeness (QED) is 0.526. The molecule has 1 saturated heterocycles. The molecule has 144 valence electrons. The summed E-state index contributed by atoms with van der Waals surface area (Å²) in [5.41, 5.74) is 1.09. The summed E-state index contributed by atoms with van der Waals surface area (Å²) in [5, 5.41) is 2.69. The normalized spacial score (nSPS) is 15.7. The predicted molar refractivity (Wildman–Crippen MR) is 106 cm³/mol. The molecule has 1 fully saturated rings. The largest absolute Gasteiger partial charge is 0.335 e. The van der Waals surface area contributed by atoms with Crippen molar-refractivity contribution in [3.8, 4) is 5.69 Å². The van der Waals surface area contributed by atoms with Crippen LogP contribution in [0.25, 0.3) is 11.8 Å². The van der Waals surface area contributed by atoms with Gasteiger partial charge in [-0.15, -0.1) is 0 Å². The molecular weight excluding hydrogens is 397 g/mol. The minimum absolute atomic E-state index is 0.0268. The molecule has 0 radical (unpaired) electrons. The van der Waals surface area contributed by atoms with Gasteiger partial charge in [0.25, 0.3) is 11.8 Å². The van der Waals surface area contributed by atoms with Crippen LogP contribution >= 0.6 is 11.6 Å². The molecule has 6 nitrogen and oxygen atoms in total. The number of barbiturate groups is 1. The van der Waals surface area contributed by atoms with E-state index >= 15 is 0 Å². The highest BCUT2D eigenvalue weighted by atomic mass is 35.5. The minimum atomic E-state index is -0.934. The fourth-order valence-corrected chi connectivity index (χ4v) is 3.13. The van der Waals surface area contributed by atoms with Crippen LogP contribution in [0, 0.1) is 5.82 Å².